The van der Waals surface area contributed by atoms with Gasteiger partial charge < -0.3 is 21.5 Å². The normalized spacial score (nSPS) is 19.2. The lowest BCUT2D eigenvalue weighted by molar-refractivity contribution is -0.122. The topological polar surface area (TPSA) is 131 Å². The van der Waals surface area contributed by atoms with Gasteiger partial charge in [-0.2, -0.15) is 4.98 Å². The monoisotopic (exact) mass is 525 g/mol. The van der Waals surface area contributed by atoms with Crippen molar-refractivity contribution in [3.05, 3.63) is 33.4 Å². The number of primary amides is 1. The Kier molecular flexibility index (Phi) is 7.67. The number of benzene rings is 1. The molecule has 1 fully saturated rings. The smallest absolute Gasteiger partial charge is 0.225 e. The van der Waals surface area contributed by atoms with Crippen LogP contribution in [0.15, 0.2) is 18.3 Å². The highest BCUT2D eigenvalue weighted by atomic mass is 35.5. The zero-order valence-corrected chi connectivity index (χ0v) is 20.8. The third-order valence-electron chi connectivity index (χ3n) is 6.19. The first-order valence-corrected chi connectivity index (χ1v) is 12.3. The Morgan fingerprint density at radius 2 is 1.88 bits per heavy atom. The van der Waals surface area contributed by atoms with E-state index in [9.17, 15) is 9.90 Å². The second-order valence-electron chi connectivity index (χ2n) is 8.42. The minimum absolute atomic E-state index is 0.0236. The summed E-state index contributed by atoms with van der Waals surface area (Å²) in [6.45, 7) is 1.93. The van der Waals surface area contributed by atoms with Crippen molar-refractivity contribution in [1.29, 1.82) is 0 Å². The third-order valence-corrected chi connectivity index (χ3v) is 7.00. The van der Waals surface area contributed by atoms with E-state index < -0.39 is 0 Å². The summed E-state index contributed by atoms with van der Waals surface area (Å²) in [6.07, 6.45) is 5.18. The van der Waals surface area contributed by atoms with Crippen molar-refractivity contribution in [1.82, 2.24) is 19.5 Å². The van der Waals surface area contributed by atoms with E-state index in [4.69, 9.17) is 50.5 Å². The van der Waals surface area contributed by atoms with Gasteiger partial charge in [0.2, 0.25) is 17.8 Å². The van der Waals surface area contributed by atoms with Crippen molar-refractivity contribution in [2.45, 2.75) is 51.1 Å². The van der Waals surface area contributed by atoms with Crippen molar-refractivity contribution >= 4 is 69.5 Å². The molecule has 0 saturated heterocycles. The number of nitrogens with zero attached hydrogens (tertiary/aromatic N) is 4. The van der Waals surface area contributed by atoms with Gasteiger partial charge in [-0.1, -0.05) is 41.7 Å². The second-order valence-corrected chi connectivity index (χ2v) is 9.67. The minimum atomic E-state index is -0.268. The van der Waals surface area contributed by atoms with E-state index in [1.807, 2.05) is 11.5 Å². The number of nitrogens with two attached hydrogens (primary N) is 1. The molecule has 0 aliphatic heterocycles. The van der Waals surface area contributed by atoms with Gasteiger partial charge in [-0.25, -0.2) is 9.97 Å². The van der Waals surface area contributed by atoms with E-state index in [1.54, 1.807) is 18.3 Å². The lowest BCUT2D eigenvalue weighted by Gasteiger charge is -2.29. The predicted octanol–water partition coefficient (Wildman–Crippen LogP) is 4.93. The van der Waals surface area contributed by atoms with E-state index in [2.05, 4.69) is 15.6 Å². The summed E-state index contributed by atoms with van der Waals surface area (Å²) >= 11 is 18.9. The van der Waals surface area contributed by atoms with Crippen molar-refractivity contribution in [3.63, 3.8) is 0 Å². The number of imidazole rings is 1. The summed E-state index contributed by atoms with van der Waals surface area (Å²) in [6, 6.07) is 3.06. The molecule has 1 aliphatic carbocycles. The number of anilines is 3. The fourth-order valence-corrected chi connectivity index (χ4v) is 5.16. The van der Waals surface area contributed by atoms with E-state index >= 15 is 0 Å². The minimum Gasteiger partial charge on any atom is -0.394 e. The first-order chi connectivity index (χ1) is 16.3. The van der Waals surface area contributed by atoms with Crippen LogP contribution in [0.1, 0.15) is 45.1 Å². The summed E-state index contributed by atoms with van der Waals surface area (Å²) in [5, 5.41) is 17.1. The van der Waals surface area contributed by atoms with Gasteiger partial charge in [0.05, 0.1) is 34.6 Å². The average Bonchev–Trinajstić information content (AvgIpc) is 3.17. The van der Waals surface area contributed by atoms with Gasteiger partial charge in [0.15, 0.2) is 5.65 Å². The van der Waals surface area contributed by atoms with Crippen LogP contribution in [0, 0.1) is 5.92 Å². The number of aliphatic hydroxyl groups is 1. The number of amides is 1. The second kappa shape index (κ2) is 10.5. The number of aromatic nitrogens is 4. The molecule has 1 aromatic carbocycles. The summed E-state index contributed by atoms with van der Waals surface area (Å²) < 4.78 is 2.00. The fraction of sp³-hybridized carbons (Fsp3) is 0.455. The molecule has 9 nitrogen and oxygen atoms in total. The number of hydrogen-bond acceptors (Lipinski definition) is 7. The maximum absolute atomic E-state index is 11.7. The van der Waals surface area contributed by atoms with E-state index in [0.29, 0.717) is 63.1 Å². The molecule has 0 bridgehead atoms. The third kappa shape index (κ3) is 5.17. The highest BCUT2D eigenvalue weighted by Crippen LogP contribution is 2.40. The molecule has 1 amide bonds. The summed E-state index contributed by atoms with van der Waals surface area (Å²) in [4.78, 5) is 25.5. The molecule has 2 aromatic heterocycles. The van der Waals surface area contributed by atoms with Crippen LogP contribution in [0.2, 0.25) is 15.1 Å². The molecule has 34 heavy (non-hydrogen) atoms. The molecule has 1 atom stereocenters. The Morgan fingerprint density at radius 1 is 1.21 bits per heavy atom. The van der Waals surface area contributed by atoms with Crippen molar-refractivity contribution < 1.29 is 9.90 Å². The molecule has 12 heteroatoms. The molecule has 4 rings (SSSR count). The van der Waals surface area contributed by atoms with Crippen LogP contribution < -0.4 is 16.4 Å². The average molecular weight is 527 g/mol. The Labute approximate surface area is 212 Å². The van der Waals surface area contributed by atoms with Gasteiger partial charge in [0.1, 0.15) is 5.52 Å². The summed E-state index contributed by atoms with van der Waals surface area (Å²) in [5.74, 6) is 0.499. The number of carbonyl (C=O) groups excluding carboxylic acids is 1. The van der Waals surface area contributed by atoms with E-state index in [0.717, 1.165) is 12.8 Å². The Hall–Kier alpha value is -2.33. The predicted molar refractivity (Wildman–Crippen MR) is 135 cm³/mol. The van der Waals surface area contributed by atoms with Crippen LogP contribution in [-0.2, 0) is 4.79 Å². The molecule has 5 N–H and O–H groups in total. The largest absolute Gasteiger partial charge is 0.394 e. The molecule has 0 spiro atoms. The van der Waals surface area contributed by atoms with Crippen molar-refractivity contribution in [2.24, 2.45) is 11.7 Å². The molecule has 3 aromatic rings. The molecule has 182 valence electrons. The highest BCUT2D eigenvalue weighted by molar-refractivity contribution is 6.41. The van der Waals surface area contributed by atoms with Gasteiger partial charge >= 0.3 is 0 Å². The molecule has 0 radical (unpaired) electrons. The SMILES string of the molecule is CCC(CO)Nc1ncc2nc(Nc3c(Cl)cc(Cl)cc3Cl)n(C3CCC(C(N)=O)CC3)c2n1. The number of halogens is 3. The van der Waals surface area contributed by atoms with Crippen LogP contribution in [-0.4, -0.2) is 43.2 Å². The zero-order valence-electron chi connectivity index (χ0n) is 18.6. The standard InChI is InChI=1S/C22H26Cl3N7O2/c1-2-13(10-33)28-21-27-9-17-20(31-21)32(14-5-3-11(4-6-14)19(26)34)22(29-17)30-18-15(24)7-12(23)8-16(18)25/h7-9,11,13-14,33H,2-6,10H2,1H3,(H2,26,34)(H,29,30)(H,27,28,31). The number of hydrogen-bond donors (Lipinski definition) is 4. The molecule has 1 unspecified atom stereocenters. The number of aliphatic hydroxyl groups excluding tert-OH is 1. The van der Waals surface area contributed by atoms with Crippen molar-refractivity contribution in [2.75, 3.05) is 17.2 Å². The lowest BCUT2D eigenvalue weighted by Crippen LogP contribution is -2.29. The van der Waals surface area contributed by atoms with Crippen molar-refractivity contribution in [3.8, 4) is 0 Å². The van der Waals surface area contributed by atoms with Gasteiger partial charge in [-0.15, -0.1) is 0 Å². The first kappa shape index (κ1) is 24.8. The number of rotatable bonds is 8. The molecular weight excluding hydrogens is 501 g/mol. The van der Waals surface area contributed by atoms with Gasteiger partial charge in [-0.3, -0.25) is 9.36 Å². The Morgan fingerprint density at radius 3 is 2.47 bits per heavy atom. The number of carbonyl (C=O) groups is 1. The maximum Gasteiger partial charge on any atom is 0.225 e. The van der Waals surface area contributed by atoms with Gasteiger partial charge in [-0.05, 0) is 44.2 Å². The summed E-state index contributed by atoms with van der Waals surface area (Å²) in [5.41, 5.74) is 7.22. The fourth-order valence-electron chi connectivity index (χ4n) is 4.25. The lowest BCUT2D eigenvalue weighted by atomic mass is 9.85. The van der Waals surface area contributed by atoms with Gasteiger partial charge in [0.25, 0.3) is 0 Å². The molecule has 1 aliphatic rings. The zero-order chi connectivity index (χ0) is 24.4. The van der Waals surface area contributed by atoms with E-state index in [-0.39, 0.29) is 30.5 Å². The number of nitrogens with one attached hydrogen (secondary N) is 2. The summed E-state index contributed by atoms with van der Waals surface area (Å²) in [7, 11) is 0. The first-order valence-electron chi connectivity index (χ1n) is 11.1. The van der Waals surface area contributed by atoms with Crippen LogP contribution in [0.4, 0.5) is 17.6 Å². The molecular formula is C22H26Cl3N7O2. The van der Waals surface area contributed by atoms with Crippen LogP contribution in [0.3, 0.4) is 0 Å². The molecule has 2 heterocycles. The van der Waals surface area contributed by atoms with Crippen LogP contribution in [0.25, 0.3) is 11.2 Å². The quantitative estimate of drug-likeness (QED) is 0.327. The van der Waals surface area contributed by atoms with Gasteiger partial charge in [0, 0.05) is 17.0 Å². The number of fused-ring (bicyclic) bond motifs is 1. The Bertz CT molecular complexity index is 1170. The van der Waals surface area contributed by atoms with E-state index in [1.165, 1.54) is 0 Å². The maximum atomic E-state index is 11.7. The van der Waals surface area contributed by atoms with Crippen LogP contribution >= 0.6 is 34.8 Å². The Balaban J connectivity index is 1.76. The highest BCUT2D eigenvalue weighted by Gasteiger charge is 2.29. The molecule has 1 saturated carbocycles. The van der Waals surface area contributed by atoms with Crippen LogP contribution in [0.5, 0.6) is 0 Å².